The molecule has 1 aromatic heterocycles. The third kappa shape index (κ3) is 4.59. The number of benzene rings is 1. The monoisotopic (exact) mass is 410 g/mol. The van der Waals surface area contributed by atoms with Crippen LogP contribution >= 0.6 is 0 Å². The molecule has 3 rings (SSSR count). The molecule has 1 aromatic carbocycles. The lowest BCUT2D eigenvalue weighted by Gasteiger charge is -2.35. The largest absolute Gasteiger partial charge is 0.404 e. The lowest BCUT2D eigenvalue weighted by atomic mass is 10.1. The van der Waals surface area contributed by atoms with Crippen LogP contribution in [-0.4, -0.2) is 41.7 Å². The summed E-state index contributed by atoms with van der Waals surface area (Å²) in [5.74, 6) is -1.61. The van der Waals surface area contributed by atoms with Gasteiger partial charge in [-0.15, -0.1) is 10.2 Å². The van der Waals surface area contributed by atoms with Gasteiger partial charge in [0.2, 0.25) is 5.91 Å². The molecule has 1 aliphatic heterocycles. The Morgan fingerprint density at radius 1 is 1.37 bits per heavy atom. The average molecular weight is 410 g/mol. The zero-order chi connectivity index (χ0) is 21.7. The van der Waals surface area contributed by atoms with Crippen molar-refractivity contribution in [2.24, 2.45) is 5.73 Å². The molecule has 1 unspecified atom stereocenters. The van der Waals surface area contributed by atoms with Gasteiger partial charge in [-0.1, -0.05) is 12.1 Å². The van der Waals surface area contributed by atoms with Crippen molar-refractivity contribution in [3.8, 4) is 6.07 Å². The van der Waals surface area contributed by atoms with Gasteiger partial charge in [0.25, 0.3) is 5.91 Å². The van der Waals surface area contributed by atoms with Crippen molar-refractivity contribution < 1.29 is 18.7 Å². The number of nitriles is 1. The van der Waals surface area contributed by atoms with E-state index in [-0.39, 0.29) is 28.9 Å². The molecule has 10 heteroatoms. The normalized spacial score (nSPS) is 16.6. The third-order valence-electron chi connectivity index (χ3n) is 4.51. The first-order valence-corrected chi connectivity index (χ1v) is 9.07. The molecule has 0 saturated carbocycles. The second kappa shape index (κ2) is 9.11. The number of morpholine rings is 1. The van der Waals surface area contributed by atoms with E-state index in [0.717, 1.165) is 11.8 Å². The molecule has 1 fully saturated rings. The SMILES string of the molecule is CC(=O)NC(=O)/C(=C\N)c1cc(N2CCOC(c3ccc(F)cc3)C2)c(C#N)nn1. The van der Waals surface area contributed by atoms with Crippen LogP contribution in [0.4, 0.5) is 10.1 Å². The molecule has 9 nitrogen and oxygen atoms in total. The molecule has 2 aromatic rings. The van der Waals surface area contributed by atoms with Crippen LogP contribution in [0.25, 0.3) is 5.57 Å². The van der Waals surface area contributed by atoms with Gasteiger partial charge in [0.15, 0.2) is 5.69 Å². The smallest absolute Gasteiger partial charge is 0.261 e. The summed E-state index contributed by atoms with van der Waals surface area (Å²) in [7, 11) is 0. The number of hydrogen-bond acceptors (Lipinski definition) is 8. The number of ether oxygens (including phenoxy) is 1. The van der Waals surface area contributed by atoms with Gasteiger partial charge in [0.05, 0.1) is 17.9 Å². The number of carbonyl (C=O) groups excluding carboxylic acids is 2. The first-order valence-electron chi connectivity index (χ1n) is 9.07. The molecular formula is C20H19FN6O3. The van der Waals surface area contributed by atoms with E-state index < -0.39 is 11.8 Å². The number of halogens is 1. The Balaban J connectivity index is 1.91. The fourth-order valence-electron chi connectivity index (χ4n) is 3.09. The zero-order valence-corrected chi connectivity index (χ0v) is 16.1. The van der Waals surface area contributed by atoms with Gasteiger partial charge < -0.3 is 15.4 Å². The second-order valence-electron chi connectivity index (χ2n) is 6.52. The van der Waals surface area contributed by atoms with E-state index >= 15 is 0 Å². The van der Waals surface area contributed by atoms with Crippen molar-refractivity contribution in [2.45, 2.75) is 13.0 Å². The Kier molecular flexibility index (Phi) is 6.34. The molecule has 0 bridgehead atoms. The topological polar surface area (TPSA) is 134 Å². The van der Waals surface area contributed by atoms with Gasteiger partial charge in [-0.2, -0.15) is 5.26 Å². The second-order valence-corrected chi connectivity index (χ2v) is 6.52. The molecule has 0 aliphatic carbocycles. The minimum absolute atomic E-state index is 0.0493. The van der Waals surface area contributed by atoms with Gasteiger partial charge >= 0.3 is 0 Å². The van der Waals surface area contributed by atoms with Crippen molar-refractivity contribution in [1.29, 1.82) is 5.26 Å². The molecule has 154 valence electrons. The number of rotatable bonds is 4. The summed E-state index contributed by atoms with van der Waals surface area (Å²) in [5, 5.41) is 19.4. The zero-order valence-electron chi connectivity index (χ0n) is 16.1. The fourth-order valence-corrected chi connectivity index (χ4v) is 3.09. The summed E-state index contributed by atoms with van der Waals surface area (Å²) in [4.78, 5) is 25.3. The number of anilines is 1. The van der Waals surface area contributed by atoms with Crippen LogP contribution < -0.4 is 16.0 Å². The van der Waals surface area contributed by atoms with Crippen molar-refractivity contribution in [3.63, 3.8) is 0 Å². The van der Waals surface area contributed by atoms with Gasteiger partial charge in [0, 0.05) is 26.2 Å². The van der Waals surface area contributed by atoms with E-state index in [9.17, 15) is 19.2 Å². The molecule has 1 aliphatic rings. The Hall–Kier alpha value is -3.84. The van der Waals surface area contributed by atoms with Crippen LogP contribution in [-0.2, 0) is 14.3 Å². The summed E-state index contributed by atoms with van der Waals surface area (Å²) in [6.07, 6.45) is 0.687. The Morgan fingerprint density at radius 3 is 2.73 bits per heavy atom. The molecule has 3 N–H and O–H groups in total. The predicted octanol–water partition coefficient (Wildman–Crippen LogP) is 1.03. The van der Waals surface area contributed by atoms with Gasteiger partial charge in [-0.3, -0.25) is 14.9 Å². The van der Waals surface area contributed by atoms with Crippen LogP contribution in [0.2, 0.25) is 0 Å². The number of nitrogens with one attached hydrogen (secondary N) is 1. The molecule has 1 saturated heterocycles. The number of imide groups is 1. The number of hydrogen-bond donors (Lipinski definition) is 2. The number of carbonyl (C=O) groups is 2. The highest BCUT2D eigenvalue weighted by atomic mass is 19.1. The highest BCUT2D eigenvalue weighted by molar-refractivity contribution is 6.23. The standard InChI is InChI=1S/C20H19FN6O3/c1-12(28)24-20(29)15(9-22)16-8-18(17(10-23)26-25-16)27-6-7-30-19(11-27)13-2-4-14(21)5-3-13/h2-5,8-9,19H,6-7,11,22H2,1H3,(H,24,28,29)/b15-9-. The molecule has 2 amide bonds. The van der Waals surface area contributed by atoms with Crippen molar-refractivity contribution in [2.75, 3.05) is 24.6 Å². The van der Waals surface area contributed by atoms with Crippen LogP contribution in [0.5, 0.6) is 0 Å². The minimum atomic E-state index is -0.721. The maximum Gasteiger partial charge on any atom is 0.261 e. The van der Waals surface area contributed by atoms with E-state index in [0.29, 0.717) is 25.4 Å². The number of nitrogens with two attached hydrogens (primary N) is 1. The Morgan fingerprint density at radius 2 is 2.10 bits per heavy atom. The minimum Gasteiger partial charge on any atom is -0.404 e. The summed E-state index contributed by atoms with van der Waals surface area (Å²) < 4.78 is 19.0. The van der Waals surface area contributed by atoms with Crippen molar-refractivity contribution in [1.82, 2.24) is 15.5 Å². The maximum absolute atomic E-state index is 13.2. The highest BCUT2D eigenvalue weighted by Gasteiger charge is 2.26. The van der Waals surface area contributed by atoms with Crippen LogP contribution in [0.3, 0.4) is 0 Å². The van der Waals surface area contributed by atoms with E-state index in [1.165, 1.54) is 25.1 Å². The molecular weight excluding hydrogens is 391 g/mol. The summed E-state index contributed by atoms with van der Waals surface area (Å²) >= 11 is 0. The number of aromatic nitrogens is 2. The number of amides is 2. The summed E-state index contributed by atoms with van der Waals surface area (Å²) in [6.45, 7) is 2.42. The molecule has 0 spiro atoms. The lowest BCUT2D eigenvalue weighted by Crippen LogP contribution is -2.39. The van der Waals surface area contributed by atoms with Gasteiger partial charge in [-0.05, 0) is 23.8 Å². The van der Waals surface area contributed by atoms with E-state index in [4.69, 9.17) is 10.5 Å². The van der Waals surface area contributed by atoms with Crippen molar-refractivity contribution in [3.05, 3.63) is 59.3 Å². The Labute approximate surface area is 171 Å². The summed E-state index contributed by atoms with van der Waals surface area (Å²) in [6, 6.07) is 9.52. The lowest BCUT2D eigenvalue weighted by molar-refractivity contribution is -0.126. The maximum atomic E-state index is 13.2. The van der Waals surface area contributed by atoms with Crippen LogP contribution in [0.15, 0.2) is 36.5 Å². The van der Waals surface area contributed by atoms with E-state index in [1.807, 2.05) is 11.0 Å². The quantitative estimate of drug-likeness (QED) is 0.714. The summed E-state index contributed by atoms with van der Waals surface area (Å²) in [5.41, 5.74) is 6.95. The van der Waals surface area contributed by atoms with Gasteiger partial charge in [0.1, 0.15) is 23.7 Å². The molecule has 1 atom stereocenters. The first-order chi connectivity index (χ1) is 14.4. The Bertz CT molecular complexity index is 1030. The first kappa shape index (κ1) is 20.9. The average Bonchev–Trinajstić information content (AvgIpc) is 2.74. The van der Waals surface area contributed by atoms with Crippen LogP contribution in [0, 0.1) is 17.1 Å². The molecule has 2 heterocycles. The van der Waals surface area contributed by atoms with Crippen LogP contribution in [0.1, 0.15) is 30.0 Å². The predicted molar refractivity (Wildman–Crippen MR) is 105 cm³/mol. The fraction of sp³-hybridized carbons (Fsp3) is 0.250. The van der Waals surface area contributed by atoms with E-state index in [2.05, 4.69) is 15.5 Å². The molecule has 30 heavy (non-hydrogen) atoms. The number of nitrogens with zero attached hydrogens (tertiary/aromatic N) is 4. The van der Waals surface area contributed by atoms with Crippen molar-refractivity contribution >= 4 is 23.1 Å². The van der Waals surface area contributed by atoms with E-state index in [1.54, 1.807) is 12.1 Å². The highest BCUT2D eigenvalue weighted by Crippen LogP contribution is 2.29. The molecule has 0 radical (unpaired) electrons. The van der Waals surface area contributed by atoms with Gasteiger partial charge in [-0.25, -0.2) is 4.39 Å². The third-order valence-corrected chi connectivity index (χ3v) is 4.51.